The summed E-state index contributed by atoms with van der Waals surface area (Å²) in [5, 5.41) is 3.72. The summed E-state index contributed by atoms with van der Waals surface area (Å²) in [6.45, 7) is 0. The smallest absolute Gasteiger partial charge is 0.136 e. The van der Waals surface area contributed by atoms with Gasteiger partial charge in [0.2, 0.25) is 0 Å². The van der Waals surface area contributed by atoms with E-state index in [0.29, 0.717) is 11.8 Å². The van der Waals surface area contributed by atoms with Gasteiger partial charge >= 0.3 is 0 Å². The van der Waals surface area contributed by atoms with Gasteiger partial charge < -0.3 is 4.42 Å². The molecule has 3 aromatic carbocycles. The molecule has 7 rings (SSSR count). The fourth-order valence-electron chi connectivity index (χ4n) is 5.70. The Morgan fingerprint density at radius 1 is 0.714 bits per heavy atom. The van der Waals surface area contributed by atoms with Crippen LogP contribution < -0.4 is 0 Å². The molecule has 134 valence electrons. The second-order valence-corrected chi connectivity index (χ2v) is 8.32. The highest BCUT2D eigenvalue weighted by Gasteiger charge is 2.40. The first-order valence-electron chi connectivity index (χ1n) is 10.2. The Kier molecular flexibility index (Phi) is 2.78. The van der Waals surface area contributed by atoms with Crippen LogP contribution in [0.25, 0.3) is 44.1 Å². The van der Waals surface area contributed by atoms with Gasteiger partial charge in [-0.2, -0.15) is 0 Å². The summed E-state index contributed by atoms with van der Waals surface area (Å²) in [6, 6.07) is 23.6. The minimum atomic E-state index is 0.665. The number of benzene rings is 3. The molecule has 0 saturated heterocycles. The highest BCUT2D eigenvalue weighted by atomic mass is 16.3. The summed E-state index contributed by atoms with van der Waals surface area (Å²) in [4.78, 5) is 5.15. The predicted molar refractivity (Wildman–Crippen MR) is 114 cm³/mol. The molecule has 2 unspecified atom stereocenters. The van der Waals surface area contributed by atoms with Gasteiger partial charge in [0.25, 0.3) is 0 Å². The fraction of sp³-hybridized carbons (Fsp3) is 0.192. The predicted octanol–water partition coefficient (Wildman–Crippen LogP) is 7.17. The van der Waals surface area contributed by atoms with E-state index in [9.17, 15) is 0 Å². The van der Waals surface area contributed by atoms with Crippen LogP contribution in [-0.2, 0) is 0 Å². The molecule has 0 amide bonds. The summed E-state index contributed by atoms with van der Waals surface area (Å²) < 4.78 is 6.16. The summed E-state index contributed by atoms with van der Waals surface area (Å²) in [5.41, 5.74) is 8.45. The van der Waals surface area contributed by atoms with Crippen molar-refractivity contribution in [3.05, 3.63) is 77.9 Å². The van der Waals surface area contributed by atoms with Crippen molar-refractivity contribution in [2.45, 2.75) is 31.1 Å². The lowest BCUT2D eigenvalue weighted by molar-refractivity contribution is 0.669. The minimum Gasteiger partial charge on any atom is -0.456 e. The van der Waals surface area contributed by atoms with E-state index >= 15 is 0 Å². The highest BCUT2D eigenvalue weighted by molar-refractivity contribution is 6.06. The molecule has 2 bridgehead atoms. The second-order valence-electron chi connectivity index (χ2n) is 8.32. The number of hydrogen-bond donors (Lipinski definition) is 0. The molecule has 1 saturated carbocycles. The quantitative estimate of drug-likeness (QED) is 0.316. The molecule has 0 radical (unpaired) electrons. The molecular weight excluding hydrogens is 342 g/mol. The summed E-state index contributed by atoms with van der Waals surface area (Å²) in [6.07, 6.45) is 3.93. The van der Waals surface area contributed by atoms with Crippen molar-refractivity contribution >= 4 is 32.8 Å². The number of pyridine rings is 1. The van der Waals surface area contributed by atoms with Gasteiger partial charge in [-0.05, 0) is 66.5 Å². The van der Waals surface area contributed by atoms with Gasteiger partial charge in [-0.3, -0.25) is 0 Å². The highest BCUT2D eigenvalue weighted by Crippen LogP contribution is 2.57. The van der Waals surface area contributed by atoms with Crippen molar-refractivity contribution in [2.24, 2.45) is 0 Å². The zero-order valence-electron chi connectivity index (χ0n) is 15.5. The van der Waals surface area contributed by atoms with Gasteiger partial charge in [0, 0.05) is 21.7 Å². The third kappa shape index (κ3) is 1.85. The molecule has 2 heteroatoms. The summed E-state index contributed by atoms with van der Waals surface area (Å²) in [5.74, 6) is 1.38. The third-order valence-corrected chi connectivity index (χ3v) is 6.87. The van der Waals surface area contributed by atoms with E-state index in [1.54, 1.807) is 5.56 Å². The van der Waals surface area contributed by atoms with Crippen molar-refractivity contribution in [2.75, 3.05) is 0 Å². The van der Waals surface area contributed by atoms with Crippen LogP contribution in [0.4, 0.5) is 0 Å². The lowest BCUT2D eigenvalue weighted by Crippen LogP contribution is -2.04. The lowest BCUT2D eigenvalue weighted by Gasteiger charge is -2.21. The Bertz CT molecular complexity index is 1410. The molecular formula is C26H19NO. The summed E-state index contributed by atoms with van der Waals surface area (Å²) in [7, 11) is 0. The largest absolute Gasteiger partial charge is 0.456 e. The molecule has 2 aliphatic rings. The first kappa shape index (κ1) is 14.9. The van der Waals surface area contributed by atoms with Crippen molar-refractivity contribution in [3.8, 4) is 11.3 Å². The minimum absolute atomic E-state index is 0.665. The SMILES string of the molecule is c1ccc2c3c(c(-c4ccc5c(c4)oc4ccccc45)nc2c1)C1CCC3C1. The van der Waals surface area contributed by atoms with Crippen LogP contribution in [0.5, 0.6) is 0 Å². The van der Waals surface area contributed by atoms with Gasteiger partial charge in [0.05, 0.1) is 11.2 Å². The Morgan fingerprint density at radius 2 is 1.46 bits per heavy atom. The van der Waals surface area contributed by atoms with Crippen molar-refractivity contribution < 1.29 is 4.42 Å². The molecule has 28 heavy (non-hydrogen) atoms. The average Bonchev–Trinajstić information content (AvgIpc) is 3.45. The van der Waals surface area contributed by atoms with Crippen LogP contribution in [0, 0.1) is 0 Å². The first-order chi connectivity index (χ1) is 13.9. The molecule has 2 nitrogen and oxygen atoms in total. The van der Waals surface area contributed by atoms with Crippen LogP contribution in [0.15, 0.2) is 71.1 Å². The van der Waals surface area contributed by atoms with Crippen LogP contribution in [0.3, 0.4) is 0 Å². The molecule has 1 fully saturated rings. The standard InChI is InChI=1S/C26H19NO/c1-3-7-21-20(6-1)24-15-9-10-16(13-15)25(24)26(27-21)17-11-12-19-18-5-2-4-8-22(18)28-23(19)14-17/h1-8,11-12,14-16H,9-10,13H2. The maximum atomic E-state index is 6.16. The van der Waals surface area contributed by atoms with E-state index in [-0.39, 0.29) is 0 Å². The Balaban J connectivity index is 1.54. The number of rotatable bonds is 1. The van der Waals surface area contributed by atoms with Gasteiger partial charge in [-0.25, -0.2) is 4.98 Å². The fourth-order valence-corrected chi connectivity index (χ4v) is 5.70. The van der Waals surface area contributed by atoms with Gasteiger partial charge in [0.15, 0.2) is 0 Å². The number of para-hydroxylation sites is 2. The lowest BCUT2D eigenvalue weighted by atomic mass is 9.86. The van der Waals surface area contributed by atoms with E-state index in [1.165, 1.54) is 52.2 Å². The Labute approximate surface area is 162 Å². The van der Waals surface area contributed by atoms with Crippen LogP contribution in [0.2, 0.25) is 0 Å². The van der Waals surface area contributed by atoms with E-state index in [0.717, 1.165) is 16.7 Å². The number of nitrogens with zero attached hydrogens (tertiary/aromatic N) is 1. The molecule has 2 atom stereocenters. The first-order valence-corrected chi connectivity index (χ1v) is 10.2. The van der Waals surface area contributed by atoms with Crippen LogP contribution >= 0.6 is 0 Å². The molecule has 2 heterocycles. The molecule has 5 aromatic rings. The monoisotopic (exact) mass is 361 g/mol. The number of furan rings is 1. The summed E-state index contributed by atoms with van der Waals surface area (Å²) >= 11 is 0. The van der Waals surface area contributed by atoms with Gasteiger partial charge in [-0.1, -0.05) is 42.5 Å². The molecule has 2 aromatic heterocycles. The average molecular weight is 361 g/mol. The second kappa shape index (κ2) is 5.23. The topological polar surface area (TPSA) is 26.0 Å². The van der Waals surface area contributed by atoms with Crippen molar-refractivity contribution in [1.82, 2.24) is 4.98 Å². The van der Waals surface area contributed by atoms with E-state index in [4.69, 9.17) is 9.40 Å². The molecule has 0 aliphatic heterocycles. The Morgan fingerprint density at radius 3 is 2.39 bits per heavy atom. The van der Waals surface area contributed by atoms with Crippen LogP contribution in [-0.4, -0.2) is 4.98 Å². The van der Waals surface area contributed by atoms with E-state index in [2.05, 4.69) is 54.6 Å². The molecule has 0 spiro atoms. The van der Waals surface area contributed by atoms with E-state index in [1.807, 2.05) is 12.1 Å². The molecule has 0 N–H and O–H groups in total. The van der Waals surface area contributed by atoms with Crippen molar-refractivity contribution in [3.63, 3.8) is 0 Å². The Hall–Kier alpha value is -3.13. The third-order valence-electron chi connectivity index (χ3n) is 6.87. The number of aromatic nitrogens is 1. The maximum Gasteiger partial charge on any atom is 0.136 e. The number of fused-ring (bicyclic) bond motifs is 10. The number of hydrogen-bond acceptors (Lipinski definition) is 2. The van der Waals surface area contributed by atoms with Crippen LogP contribution in [0.1, 0.15) is 42.2 Å². The molecule has 2 aliphatic carbocycles. The van der Waals surface area contributed by atoms with Gasteiger partial charge in [-0.15, -0.1) is 0 Å². The normalized spacial score (nSPS) is 20.4. The maximum absolute atomic E-state index is 6.16. The van der Waals surface area contributed by atoms with E-state index < -0.39 is 0 Å². The zero-order valence-corrected chi connectivity index (χ0v) is 15.5. The van der Waals surface area contributed by atoms with Crippen molar-refractivity contribution in [1.29, 1.82) is 0 Å². The zero-order chi connectivity index (χ0) is 18.2. The van der Waals surface area contributed by atoms with Gasteiger partial charge in [0.1, 0.15) is 11.2 Å².